The van der Waals surface area contributed by atoms with Crippen molar-refractivity contribution in [2.45, 2.75) is 25.4 Å². The molecule has 0 heterocycles. The first-order valence-corrected chi connectivity index (χ1v) is 5.66. The highest BCUT2D eigenvalue weighted by molar-refractivity contribution is 9.11. The molecule has 0 fully saturated rings. The number of halogens is 1. The van der Waals surface area contributed by atoms with Gasteiger partial charge in [-0.1, -0.05) is 15.9 Å². The van der Waals surface area contributed by atoms with Gasteiger partial charge >= 0.3 is 0 Å². The van der Waals surface area contributed by atoms with Gasteiger partial charge in [-0.05, 0) is 29.8 Å². The SMILES string of the molecule is COCCOCO[C@H]1C=C(Br)CCC1. The minimum Gasteiger partial charge on any atom is -0.382 e. The summed E-state index contributed by atoms with van der Waals surface area (Å²) in [5, 5.41) is 0. The van der Waals surface area contributed by atoms with Crippen LogP contribution in [0.2, 0.25) is 0 Å². The summed E-state index contributed by atoms with van der Waals surface area (Å²) < 4.78 is 16.8. The number of hydrogen-bond donors (Lipinski definition) is 0. The molecule has 0 saturated heterocycles. The average molecular weight is 265 g/mol. The van der Waals surface area contributed by atoms with E-state index in [-0.39, 0.29) is 6.10 Å². The minimum atomic E-state index is 0.209. The smallest absolute Gasteiger partial charge is 0.147 e. The third-order valence-electron chi connectivity index (χ3n) is 2.07. The number of ether oxygens (including phenoxy) is 3. The van der Waals surface area contributed by atoms with Gasteiger partial charge in [0.15, 0.2) is 0 Å². The van der Waals surface area contributed by atoms with E-state index in [9.17, 15) is 0 Å². The van der Waals surface area contributed by atoms with Crippen LogP contribution in [0.25, 0.3) is 0 Å². The Morgan fingerprint density at radius 1 is 1.50 bits per heavy atom. The highest BCUT2D eigenvalue weighted by Crippen LogP contribution is 2.23. The van der Waals surface area contributed by atoms with Crippen molar-refractivity contribution in [2.24, 2.45) is 0 Å². The molecular formula is C10H17BrO3. The maximum Gasteiger partial charge on any atom is 0.147 e. The third-order valence-corrected chi connectivity index (χ3v) is 2.73. The summed E-state index contributed by atoms with van der Waals surface area (Å²) in [7, 11) is 1.66. The van der Waals surface area contributed by atoms with Gasteiger partial charge in [0.2, 0.25) is 0 Å². The van der Waals surface area contributed by atoms with Crippen molar-refractivity contribution in [2.75, 3.05) is 27.1 Å². The summed E-state index contributed by atoms with van der Waals surface area (Å²) in [4.78, 5) is 0. The lowest BCUT2D eigenvalue weighted by Crippen LogP contribution is -2.16. The summed E-state index contributed by atoms with van der Waals surface area (Å²) in [5.41, 5.74) is 0. The molecule has 0 saturated carbocycles. The van der Waals surface area contributed by atoms with Crippen LogP contribution in [0.5, 0.6) is 0 Å². The van der Waals surface area contributed by atoms with Gasteiger partial charge < -0.3 is 14.2 Å². The average Bonchev–Trinajstić information content (AvgIpc) is 2.18. The molecule has 1 rings (SSSR count). The molecule has 0 aromatic carbocycles. The molecule has 3 nitrogen and oxygen atoms in total. The molecule has 0 radical (unpaired) electrons. The van der Waals surface area contributed by atoms with Crippen molar-refractivity contribution in [3.8, 4) is 0 Å². The molecular weight excluding hydrogens is 248 g/mol. The fourth-order valence-corrected chi connectivity index (χ4v) is 1.88. The lowest BCUT2D eigenvalue weighted by atomic mass is 10.1. The first-order valence-electron chi connectivity index (χ1n) is 4.87. The predicted octanol–water partition coefficient (Wildman–Crippen LogP) is 2.45. The van der Waals surface area contributed by atoms with Crippen molar-refractivity contribution in [1.29, 1.82) is 0 Å². The van der Waals surface area contributed by atoms with E-state index in [0.29, 0.717) is 20.0 Å². The molecule has 0 aromatic heterocycles. The standard InChI is InChI=1S/C10H17BrO3/c1-12-5-6-13-8-14-10-4-2-3-9(11)7-10/h7,10H,2-6,8H2,1H3/t10-/m1/s1. The van der Waals surface area contributed by atoms with E-state index in [1.54, 1.807) is 7.11 Å². The van der Waals surface area contributed by atoms with Crippen LogP contribution in [0.3, 0.4) is 0 Å². The zero-order valence-electron chi connectivity index (χ0n) is 8.50. The van der Waals surface area contributed by atoms with E-state index >= 15 is 0 Å². The Balaban J connectivity index is 2.03. The molecule has 0 N–H and O–H groups in total. The Bertz CT molecular complexity index is 182. The minimum absolute atomic E-state index is 0.209. The molecule has 1 aliphatic carbocycles. The Kier molecular flexibility index (Phi) is 6.43. The van der Waals surface area contributed by atoms with Crippen LogP contribution in [0.4, 0.5) is 0 Å². The van der Waals surface area contributed by atoms with Gasteiger partial charge in [0.05, 0.1) is 19.3 Å². The number of allylic oxidation sites excluding steroid dienone is 1. The maximum absolute atomic E-state index is 5.52. The molecule has 1 atom stereocenters. The molecule has 0 spiro atoms. The van der Waals surface area contributed by atoms with E-state index in [1.807, 2.05) is 0 Å². The Labute approximate surface area is 93.5 Å². The topological polar surface area (TPSA) is 27.7 Å². The van der Waals surface area contributed by atoms with Gasteiger partial charge in [-0.25, -0.2) is 0 Å². The quantitative estimate of drug-likeness (QED) is 0.545. The van der Waals surface area contributed by atoms with Gasteiger partial charge in [0.25, 0.3) is 0 Å². The lowest BCUT2D eigenvalue weighted by Gasteiger charge is -2.18. The van der Waals surface area contributed by atoms with Gasteiger partial charge in [0.1, 0.15) is 6.79 Å². The normalized spacial score (nSPS) is 22.1. The molecule has 0 aliphatic heterocycles. The Hall–Kier alpha value is 0.100. The summed E-state index contributed by atoms with van der Waals surface area (Å²) in [6.45, 7) is 1.56. The van der Waals surface area contributed by atoms with E-state index in [2.05, 4.69) is 22.0 Å². The van der Waals surface area contributed by atoms with Crippen molar-refractivity contribution >= 4 is 15.9 Å². The summed E-state index contributed by atoms with van der Waals surface area (Å²) in [6, 6.07) is 0. The van der Waals surface area contributed by atoms with Crippen molar-refractivity contribution in [1.82, 2.24) is 0 Å². The van der Waals surface area contributed by atoms with Gasteiger partial charge in [-0.2, -0.15) is 0 Å². The van der Waals surface area contributed by atoms with E-state index < -0.39 is 0 Å². The van der Waals surface area contributed by atoms with E-state index in [0.717, 1.165) is 12.8 Å². The number of hydrogen-bond acceptors (Lipinski definition) is 3. The monoisotopic (exact) mass is 264 g/mol. The second-order valence-electron chi connectivity index (χ2n) is 3.23. The van der Waals surface area contributed by atoms with Crippen LogP contribution in [0, 0.1) is 0 Å². The molecule has 0 amide bonds. The van der Waals surface area contributed by atoms with Gasteiger partial charge in [-0.3, -0.25) is 0 Å². The van der Waals surface area contributed by atoms with Crippen molar-refractivity contribution in [3.05, 3.63) is 10.6 Å². The Morgan fingerprint density at radius 3 is 3.07 bits per heavy atom. The molecule has 14 heavy (non-hydrogen) atoms. The van der Waals surface area contributed by atoms with Crippen LogP contribution >= 0.6 is 15.9 Å². The Morgan fingerprint density at radius 2 is 2.36 bits per heavy atom. The molecule has 0 bridgehead atoms. The molecule has 0 aromatic rings. The van der Waals surface area contributed by atoms with Gasteiger partial charge in [-0.15, -0.1) is 0 Å². The summed E-state index contributed by atoms with van der Waals surface area (Å²) in [5.74, 6) is 0. The first kappa shape index (κ1) is 12.2. The fraction of sp³-hybridized carbons (Fsp3) is 0.800. The third kappa shape index (κ3) is 5.10. The van der Waals surface area contributed by atoms with Crippen LogP contribution < -0.4 is 0 Å². The van der Waals surface area contributed by atoms with Crippen LogP contribution in [-0.2, 0) is 14.2 Å². The maximum atomic E-state index is 5.52. The van der Waals surface area contributed by atoms with Crippen LogP contribution in [0.15, 0.2) is 10.6 Å². The second-order valence-corrected chi connectivity index (χ2v) is 4.25. The molecule has 1 aliphatic rings. The van der Waals surface area contributed by atoms with Crippen LogP contribution in [-0.4, -0.2) is 33.2 Å². The first-order chi connectivity index (χ1) is 6.83. The predicted molar refractivity (Wildman–Crippen MR) is 58.4 cm³/mol. The lowest BCUT2D eigenvalue weighted by molar-refractivity contribution is -0.0874. The molecule has 82 valence electrons. The molecule has 0 unspecified atom stereocenters. The van der Waals surface area contributed by atoms with E-state index in [1.165, 1.54) is 10.9 Å². The van der Waals surface area contributed by atoms with Gasteiger partial charge in [0, 0.05) is 7.11 Å². The second kappa shape index (κ2) is 7.40. The zero-order chi connectivity index (χ0) is 10.2. The fourth-order valence-electron chi connectivity index (χ4n) is 1.31. The van der Waals surface area contributed by atoms with E-state index in [4.69, 9.17) is 14.2 Å². The summed E-state index contributed by atoms with van der Waals surface area (Å²) in [6.07, 6.45) is 5.72. The highest BCUT2D eigenvalue weighted by atomic mass is 79.9. The molecule has 4 heteroatoms. The zero-order valence-corrected chi connectivity index (χ0v) is 10.1. The number of rotatable bonds is 6. The summed E-state index contributed by atoms with van der Waals surface area (Å²) >= 11 is 3.48. The largest absolute Gasteiger partial charge is 0.382 e. The van der Waals surface area contributed by atoms with Crippen LogP contribution in [0.1, 0.15) is 19.3 Å². The highest BCUT2D eigenvalue weighted by Gasteiger charge is 2.11. The number of methoxy groups -OCH3 is 1. The van der Waals surface area contributed by atoms with Crippen molar-refractivity contribution in [3.63, 3.8) is 0 Å². The van der Waals surface area contributed by atoms with Crippen molar-refractivity contribution < 1.29 is 14.2 Å².